The van der Waals surface area contributed by atoms with E-state index in [0.717, 1.165) is 16.8 Å². The van der Waals surface area contributed by atoms with Gasteiger partial charge in [-0.15, -0.1) is 0 Å². The molecule has 0 heterocycles. The van der Waals surface area contributed by atoms with Gasteiger partial charge in [0.05, 0.1) is 11.6 Å². The molecule has 0 unspecified atom stereocenters. The van der Waals surface area contributed by atoms with E-state index in [9.17, 15) is 4.79 Å². The molecule has 0 saturated carbocycles. The van der Waals surface area contributed by atoms with Crippen LogP contribution >= 0.6 is 11.6 Å². The molecule has 0 aliphatic rings. The maximum atomic E-state index is 12.3. The van der Waals surface area contributed by atoms with Gasteiger partial charge in [0.1, 0.15) is 5.75 Å². The number of anilines is 1. The van der Waals surface area contributed by atoms with Gasteiger partial charge in [0.2, 0.25) is 0 Å². The van der Waals surface area contributed by atoms with Crippen molar-refractivity contribution in [3.05, 3.63) is 58.1 Å². The lowest BCUT2D eigenvalue weighted by molar-refractivity contribution is 0.102. The van der Waals surface area contributed by atoms with Crippen LogP contribution < -0.4 is 10.1 Å². The maximum Gasteiger partial charge on any atom is 0.255 e. The van der Waals surface area contributed by atoms with Crippen molar-refractivity contribution in [1.29, 1.82) is 0 Å². The number of nitrogens with one attached hydrogen (secondary N) is 1. The van der Waals surface area contributed by atoms with Crippen LogP contribution in [-0.2, 0) is 0 Å². The van der Waals surface area contributed by atoms with E-state index in [0.29, 0.717) is 22.9 Å². The van der Waals surface area contributed by atoms with Crippen molar-refractivity contribution in [3.63, 3.8) is 0 Å². The molecule has 0 bridgehead atoms. The summed E-state index contributed by atoms with van der Waals surface area (Å²) in [5.74, 6) is 0.399. The molecule has 110 valence electrons. The topological polar surface area (TPSA) is 38.3 Å². The van der Waals surface area contributed by atoms with Crippen LogP contribution in [0.25, 0.3) is 0 Å². The van der Waals surface area contributed by atoms with Crippen LogP contribution in [0.4, 0.5) is 5.69 Å². The summed E-state index contributed by atoms with van der Waals surface area (Å²) in [6, 6.07) is 10.9. The van der Waals surface area contributed by atoms with Gasteiger partial charge in [0, 0.05) is 11.3 Å². The molecular weight excluding hydrogens is 286 g/mol. The predicted octanol–water partition coefficient (Wildman–Crippen LogP) is 4.61. The zero-order valence-corrected chi connectivity index (χ0v) is 13.1. The number of hydrogen-bond donors (Lipinski definition) is 1. The van der Waals surface area contributed by atoms with Gasteiger partial charge >= 0.3 is 0 Å². The average molecular weight is 304 g/mol. The fourth-order valence-corrected chi connectivity index (χ4v) is 2.23. The molecule has 21 heavy (non-hydrogen) atoms. The summed E-state index contributed by atoms with van der Waals surface area (Å²) in [7, 11) is 0. The molecule has 2 rings (SSSR count). The van der Waals surface area contributed by atoms with Crippen molar-refractivity contribution in [1.82, 2.24) is 0 Å². The molecule has 3 nitrogen and oxygen atoms in total. The Bertz CT molecular complexity index is 668. The third-order valence-corrected chi connectivity index (χ3v) is 3.64. The van der Waals surface area contributed by atoms with Gasteiger partial charge in [-0.1, -0.05) is 23.7 Å². The Kier molecular flexibility index (Phi) is 4.86. The summed E-state index contributed by atoms with van der Waals surface area (Å²) in [6.07, 6.45) is 0. The number of carbonyl (C=O) groups excluding carboxylic acids is 1. The normalized spacial score (nSPS) is 10.3. The zero-order valence-electron chi connectivity index (χ0n) is 12.4. The quantitative estimate of drug-likeness (QED) is 0.896. The van der Waals surface area contributed by atoms with E-state index in [-0.39, 0.29) is 5.91 Å². The summed E-state index contributed by atoms with van der Waals surface area (Å²) >= 11 is 6.11. The number of amides is 1. The lowest BCUT2D eigenvalue weighted by atomic mass is 10.1. The van der Waals surface area contributed by atoms with Gasteiger partial charge in [-0.2, -0.15) is 0 Å². The molecule has 2 aromatic carbocycles. The Morgan fingerprint density at radius 1 is 1.24 bits per heavy atom. The van der Waals surface area contributed by atoms with Crippen molar-refractivity contribution >= 4 is 23.2 Å². The molecule has 0 radical (unpaired) electrons. The molecule has 2 aromatic rings. The predicted molar refractivity (Wildman–Crippen MR) is 86.5 cm³/mol. The number of carbonyl (C=O) groups is 1. The average Bonchev–Trinajstić information content (AvgIpc) is 2.46. The van der Waals surface area contributed by atoms with Crippen molar-refractivity contribution in [2.24, 2.45) is 0 Å². The van der Waals surface area contributed by atoms with E-state index in [2.05, 4.69) is 5.32 Å². The molecule has 0 aromatic heterocycles. The Balaban J connectivity index is 2.21. The summed E-state index contributed by atoms with van der Waals surface area (Å²) in [5.41, 5.74) is 3.51. The van der Waals surface area contributed by atoms with Crippen LogP contribution in [0, 0.1) is 13.8 Å². The highest BCUT2D eigenvalue weighted by Crippen LogP contribution is 2.26. The first-order valence-electron chi connectivity index (χ1n) is 6.83. The van der Waals surface area contributed by atoms with Gasteiger partial charge in [0.15, 0.2) is 0 Å². The van der Waals surface area contributed by atoms with Crippen LogP contribution in [0.15, 0.2) is 36.4 Å². The second-order valence-electron chi connectivity index (χ2n) is 4.78. The standard InChI is InChI=1S/C17H18ClNO2/c1-4-21-16-9-8-13(10-14(16)18)17(20)19-15-7-5-6-11(2)12(15)3/h5-10H,4H2,1-3H3,(H,19,20). The van der Waals surface area contributed by atoms with E-state index in [1.165, 1.54) is 0 Å². The first kappa shape index (κ1) is 15.4. The molecule has 1 N–H and O–H groups in total. The van der Waals surface area contributed by atoms with Gasteiger partial charge in [-0.3, -0.25) is 4.79 Å². The van der Waals surface area contributed by atoms with Crippen molar-refractivity contribution < 1.29 is 9.53 Å². The third-order valence-electron chi connectivity index (χ3n) is 3.35. The Morgan fingerprint density at radius 2 is 2.00 bits per heavy atom. The minimum Gasteiger partial charge on any atom is -0.492 e. The van der Waals surface area contributed by atoms with E-state index in [4.69, 9.17) is 16.3 Å². The molecule has 0 spiro atoms. The number of aryl methyl sites for hydroxylation is 1. The van der Waals surface area contributed by atoms with Crippen molar-refractivity contribution in [2.45, 2.75) is 20.8 Å². The van der Waals surface area contributed by atoms with E-state index in [1.807, 2.05) is 39.0 Å². The highest BCUT2D eigenvalue weighted by molar-refractivity contribution is 6.32. The molecule has 0 aliphatic heterocycles. The molecule has 4 heteroatoms. The summed E-state index contributed by atoms with van der Waals surface area (Å²) < 4.78 is 5.36. The molecule has 0 aliphatic carbocycles. The summed E-state index contributed by atoms with van der Waals surface area (Å²) in [6.45, 7) is 6.42. The highest BCUT2D eigenvalue weighted by Gasteiger charge is 2.11. The first-order chi connectivity index (χ1) is 10.0. The van der Waals surface area contributed by atoms with Crippen LogP contribution in [-0.4, -0.2) is 12.5 Å². The number of ether oxygens (including phenoxy) is 1. The number of halogens is 1. The van der Waals surface area contributed by atoms with Crippen molar-refractivity contribution in [3.8, 4) is 5.75 Å². The molecule has 0 fully saturated rings. The lowest BCUT2D eigenvalue weighted by Gasteiger charge is -2.11. The highest BCUT2D eigenvalue weighted by atomic mass is 35.5. The summed E-state index contributed by atoms with van der Waals surface area (Å²) in [5, 5.41) is 3.34. The molecular formula is C17H18ClNO2. The lowest BCUT2D eigenvalue weighted by Crippen LogP contribution is -2.13. The Labute approximate surface area is 129 Å². The van der Waals surface area contributed by atoms with Crippen molar-refractivity contribution in [2.75, 3.05) is 11.9 Å². The van der Waals surface area contributed by atoms with Gasteiger partial charge in [0.25, 0.3) is 5.91 Å². The molecule has 0 saturated heterocycles. The smallest absolute Gasteiger partial charge is 0.255 e. The summed E-state index contributed by atoms with van der Waals surface area (Å²) in [4.78, 5) is 12.3. The zero-order chi connectivity index (χ0) is 15.4. The fraction of sp³-hybridized carbons (Fsp3) is 0.235. The first-order valence-corrected chi connectivity index (χ1v) is 7.20. The third kappa shape index (κ3) is 3.56. The maximum absolute atomic E-state index is 12.3. The van der Waals surface area contributed by atoms with E-state index < -0.39 is 0 Å². The van der Waals surface area contributed by atoms with Crippen LogP contribution in [0.1, 0.15) is 28.4 Å². The fourth-order valence-electron chi connectivity index (χ4n) is 2.00. The minimum atomic E-state index is -0.186. The Hall–Kier alpha value is -2.00. The molecule has 0 atom stereocenters. The van der Waals surface area contributed by atoms with Crippen LogP contribution in [0.2, 0.25) is 5.02 Å². The second kappa shape index (κ2) is 6.64. The number of hydrogen-bond acceptors (Lipinski definition) is 2. The number of rotatable bonds is 4. The van der Waals surface area contributed by atoms with E-state index >= 15 is 0 Å². The van der Waals surface area contributed by atoms with E-state index in [1.54, 1.807) is 18.2 Å². The van der Waals surface area contributed by atoms with Crippen LogP contribution in [0.5, 0.6) is 5.75 Å². The SMILES string of the molecule is CCOc1ccc(C(=O)Nc2cccc(C)c2C)cc1Cl. The van der Waals surface area contributed by atoms with Gasteiger partial charge in [-0.25, -0.2) is 0 Å². The van der Waals surface area contributed by atoms with Gasteiger partial charge in [-0.05, 0) is 56.2 Å². The van der Waals surface area contributed by atoms with Crippen LogP contribution in [0.3, 0.4) is 0 Å². The monoisotopic (exact) mass is 303 g/mol. The second-order valence-corrected chi connectivity index (χ2v) is 5.19. The Morgan fingerprint density at radius 3 is 2.67 bits per heavy atom. The number of benzene rings is 2. The van der Waals surface area contributed by atoms with Gasteiger partial charge < -0.3 is 10.1 Å². The minimum absolute atomic E-state index is 0.186. The largest absolute Gasteiger partial charge is 0.492 e. The molecule has 1 amide bonds.